The number of anilines is 1. The van der Waals surface area contributed by atoms with E-state index >= 15 is 0 Å². The Morgan fingerprint density at radius 2 is 2.18 bits per heavy atom. The molecule has 0 atom stereocenters. The second-order valence-electron chi connectivity index (χ2n) is 3.41. The standard InChI is InChI=1S/C9H10F3N3O2/c1-6-5-14-8(4-7(6)15(16)17)13-3-2-9(10,11)12/h4-5H,2-3H2,1H3,(H,13,14). The molecule has 0 aliphatic carbocycles. The summed E-state index contributed by atoms with van der Waals surface area (Å²) in [5, 5.41) is 13.0. The lowest BCUT2D eigenvalue weighted by atomic mass is 10.2. The second-order valence-corrected chi connectivity index (χ2v) is 3.41. The zero-order valence-electron chi connectivity index (χ0n) is 8.91. The van der Waals surface area contributed by atoms with Gasteiger partial charge in [-0.3, -0.25) is 10.1 Å². The van der Waals surface area contributed by atoms with Crippen LogP contribution in [0.3, 0.4) is 0 Å². The number of pyridine rings is 1. The molecule has 1 aromatic rings. The maximum Gasteiger partial charge on any atom is 0.390 e. The van der Waals surface area contributed by atoms with Crippen LogP contribution in [0.25, 0.3) is 0 Å². The maximum atomic E-state index is 11.9. The van der Waals surface area contributed by atoms with Gasteiger partial charge >= 0.3 is 6.18 Å². The lowest BCUT2D eigenvalue weighted by molar-refractivity contribution is -0.385. The predicted octanol–water partition coefficient (Wildman–Crippen LogP) is 2.66. The second kappa shape index (κ2) is 4.98. The van der Waals surface area contributed by atoms with E-state index in [1.165, 1.54) is 13.1 Å². The van der Waals surface area contributed by atoms with Crippen LogP contribution in [0.4, 0.5) is 24.7 Å². The molecule has 0 saturated heterocycles. The van der Waals surface area contributed by atoms with E-state index in [1.807, 2.05) is 0 Å². The summed E-state index contributed by atoms with van der Waals surface area (Å²) >= 11 is 0. The molecule has 0 bridgehead atoms. The molecule has 17 heavy (non-hydrogen) atoms. The molecule has 5 nitrogen and oxygen atoms in total. The SMILES string of the molecule is Cc1cnc(NCCC(F)(F)F)cc1[N+](=O)[O-]. The molecule has 0 unspecified atom stereocenters. The van der Waals surface area contributed by atoms with Gasteiger partial charge in [0.15, 0.2) is 0 Å². The van der Waals surface area contributed by atoms with Crippen molar-refractivity contribution in [3.05, 3.63) is 27.9 Å². The van der Waals surface area contributed by atoms with Crippen molar-refractivity contribution in [3.63, 3.8) is 0 Å². The van der Waals surface area contributed by atoms with Crippen LogP contribution in [0.2, 0.25) is 0 Å². The molecule has 94 valence electrons. The van der Waals surface area contributed by atoms with Crippen LogP contribution >= 0.6 is 0 Å². The monoisotopic (exact) mass is 249 g/mol. The van der Waals surface area contributed by atoms with Gasteiger partial charge in [0, 0.05) is 18.3 Å². The highest BCUT2D eigenvalue weighted by Crippen LogP contribution is 2.22. The van der Waals surface area contributed by atoms with Gasteiger partial charge in [-0.2, -0.15) is 13.2 Å². The number of hydrogen-bond donors (Lipinski definition) is 1. The Hall–Kier alpha value is -1.86. The number of aryl methyl sites for hydroxylation is 1. The Bertz CT molecular complexity index is 420. The van der Waals surface area contributed by atoms with Gasteiger partial charge in [-0.05, 0) is 6.92 Å². The number of nitro groups is 1. The lowest BCUT2D eigenvalue weighted by Crippen LogP contribution is -2.15. The van der Waals surface area contributed by atoms with Gasteiger partial charge in [0.1, 0.15) is 5.82 Å². The molecular weight excluding hydrogens is 239 g/mol. The van der Waals surface area contributed by atoms with E-state index in [0.717, 1.165) is 6.07 Å². The van der Waals surface area contributed by atoms with Gasteiger partial charge in [-0.15, -0.1) is 0 Å². The van der Waals surface area contributed by atoms with Gasteiger partial charge < -0.3 is 5.32 Å². The fourth-order valence-electron chi connectivity index (χ4n) is 1.14. The first-order valence-corrected chi connectivity index (χ1v) is 4.71. The molecule has 0 amide bonds. The lowest BCUT2D eigenvalue weighted by Gasteiger charge is -2.08. The molecule has 1 rings (SSSR count). The predicted molar refractivity (Wildman–Crippen MR) is 54.8 cm³/mol. The van der Waals surface area contributed by atoms with Gasteiger partial charge in [0.2, 0.25) is 0 Å². The van der Waals surface area contributed by atoms with E-state index < -0.39 is 17.5 Å². The zero-order chi connectivity index (χ0) is 13.1. The van der Waals surface area contributed by atoms with Crippen molar-refractivity contribution < 1.29 is 18.1 Å². The topological polar surface area (TPSA) is 68.1 Å². The third kappa shape index (κ3) is 4.25. The van der Waals surface area contributed by atoms with Crippen LogP contribution in [0.15, 0.2) is 12.3 Å². The quantitative estimate of drug-likeness (QED) is 0.658. The van der Waals surface area contributed by atoms with Crippen molar-refractivity contribution in [1.82, 2.24) is 4.98 Å². The molecule has 0 aliphatic heterocycles. The first kappa shape index (κ1) is 13.2. The number of nitrogens with zero attached hydrogens (tertiary/aromatic N) is 2. The van der Waals surface area contributed by atoms with E-state index in [2.05, 4.69) is 10.3 Å². The highest BCUT2D eigenvalue weighted by Gasteiger charge is 2.26. The molecule has 8 heteroatoms. The molecule has 0 saturated carbocycles. The number of nitrogens with one attached hydrogen (secondary N) is 1. The number of halogens is 3. The Labute approximate surface area is 94.8 Å². The third-order valence-electron chi connectivity index (χ3n) is 1.99. The summed E-state index contributed by atoms with van der Waals surface area (Å²) in [6.07, 6.45) is -4.03. The van der Waals surface area contributed by atoms with Crippen LogP contribution in [0, 0.1) is 17.0 Å². The summed E-state index contributed by atoms with van der Waals surface area (Å²) in [5.41, 5.74) is 0.186. The van der Waals surface area contributed by atoms with Crippen molar-refractivity contribution in [2.75, 3.05) is 11.9 Å². The average Bonchev–Trinajstić information content (AvgIpc) is 2.18. The molecule has 1 aromatic heterocycles. The molecule has 0 spiro atoms. The molecule has 0 fully saturated rings. The average molecular weight is 249 g/mol. The number of aromatic nitrogens is 1. The van der Waals surface area contributed by atoms with E-state index in [-0.39, 0.29) is 18.1 Å². The molecule has 0 aliphatic rings. The zero-order valence-corrected chi connectivity index (χ0v) is 8.91. The highest BCUT2D eigenvalue weighted by molar-refractivity contribution is 5.48. The first-order valence-electron chi connectivity index (χ1n) is 4.71. The Kier molecular flexibility index (Phi) is 3.87. The fraction of sp³-hybridized carbons (Fsp3) is 0.444. The molecule has 1 N–H and O–H groups in total. The van der Waals surface area contributed by atoms with E-state index in [9.17, 15) is 23.3 Å². The van der Waals surface area contributed by atoms with Crippen molar-refractivity contribution in [2.24, 2.45) is 0 Å². The summed E-state index contributed by atoms with van der Waals surface area (Å²) in [6, 6.07) is 1.12. The fourth-order valence-corrected chi connectivity index (χ4v) is 1.14. The summed E-state index contributed by atoms with van der Waals surface area (Å²) in [4.78, 5) is 13.7. The normalized spacial score (nSPS) is 11.3. The van der Waals surface area contributed by atoms with Crippen LogP contribution in [-0.4, -0.2) is 22.6 Å². The van der Waals surface area contributed by atoms with E-state index in [1.54, 1.807) is 0 Å². The minimum atomic E-state index is -4.26. The summed E-state index contributed by atoms with van der Waals surface area (Å²) in [7, 11) is 0. The first-order chi connectivity index (χ1) is 7.79. The Balaban J connectivity index is 2.67. The van der Waals surface area contributed by atoms with Gasteiger partial charge in [0.25, 0.3) is 5.69 Å². The van der Waals surface area contributed by atoms with E-state index in [4.69, 9.17) is 0 Å². The Morgan fingerprint density at radius 3 is 2.71 bits per heavy atom. The minimum Gasteiger partial charge on any atom is -0.370 e. The smallest absolute Gasteiger partial charge is 0.370 e. The van der Waals surface area contributed by atoms with Crippen LogP contribution in [0.1, 0.15) is 12.0 Å². The van der Waals surface area contributed by atoms with Gasteiger partial charge in [0.05, 0.1) is 17.4 Å². The molecule has 0 aromatic carbocycles. The number of hydrogen-bond acceptors (Lipinski definition) is 4. The van der Waals surface area contributed by atoms with Crippen molar-refractivity contribution in [3.8, 4) is 0 Å². The summed E-state index contributed by atoms with van der Waals surface area (Å²) in [5.74, 6) is 0.0616. The third-order valence-corrected chi connectivity index (χ3v) is 1.99. The van der Waals surface area contributed by atoms with Crippen molar-refractivity contribution in [1.29, 1.82) is 0 Å². The maximum absolute atomic E-state index is 11.9. The number of alkyl halides is 3. The molecule has 1 heterocycles. The molecule has 0 radical (unpaired) electrons. The Morgan fingerprint density at radius 1 is 1.53 bits per heavy atom. The minimum absolute atomic E-state index is 0.0616. The van der Waals surface area contributed by atoms with Crippen molar-refractivity contribution in [2.45, 2.75) is 19.5 Å². The van der Waals surface area contributed by atoms with Crippen LogP contribution in [-0.2, 0) is 0 Å². The van der Waals surface area contributed by atoms with Gasteiger partial charge in [-0.25, -0.2) is 4.98 Å². The number of rotatable bonds is 4. The highest BCUT2D eigenvalue weighted by atomic mass is 19.4. The van der Waals surface area contributed by atoms with Crippen molar-refractivity contribution >= 4 is 11.5 Å². The largest absolute Gasteiger partial charge is 0.390 e. The van der Waals surface area contributed by atoms with E-state index in [0.29, 0.717) is 5.56 Å². The summed E-state index contributed by atoms with van der Waals surface area (Å²) in [6.45, 7) is 1.14. The van der Waals surface area contributed by atoms with Crippen LogP contribution in [0.5, 0.6) is 0 Å². The molecular formula is C9H10F3N3O2. The van der Waals surface area contributed by atoms with Crippen LogP contribution < -0.4 is 5.32 Å². The van der Waals surface area contributed by atoms with Gasteiger partial charge in [-0.1, -0.05) is 0 Å². The summed E-state index contributed by atoms with van der Waals surface area (Å²) < 4.78 is 35.6.